The van der Waals surface area contributed by atoms with Crippen LogP contribution in [0.15, 0.2) is 61.0 Å². The Morgan fingerprint density at radius 2 is 1.29 bits per heavy atom. The molecule has 0 N–H and O–H groups in total. The fraction of sp³-hybridized carbons (Fsp3) is 0.200. The van der Waals surface area contributed by atoms with E-state index in [-0.39, 0.29) is 30.1 Å². The lowest BCUT2D eigenvalue weighted by Gasteiger charge is -2.07. The minimum atomic E-state index is -0.612. The van der Waals surface area contributed by atoms with Crippen molar-refractivity contribution in [1.82, 2.24) is 9.97 Å². The summed E-state index contributed by atoms with van der Waals surface area (Å²) < 4.78 is 20.0. The van der Waals surface area contributed by atoms with E-state index in [1.54, 1.807) is 24.3 Å². The number of carbonyl (C=O) groups excluding carboxylic acids is 2. The van der Waals surface area contributed by atoms with E-state index in [0.29, 0.717) is 17.1 Å². The number of nitrogens with zero attached hydrogens (tertiary/aromatic N) is 2. The van der Waals surface area contributed by atoms with E-state index < -0.39 is 11.9 Å². The van der Waals surface area contributed by atoms with Crippen LogP contribution in [-0.4, -0.2) is 49.3 Å². The maximum Gasteiger partial charge on any atom is 0.341 e. The fourth-order valence-electron chi connectivity index (χ4n) is 2.01. The minimum absolute atomic E-state index is 0.0769. The van der Waals surface area contributed by atoms with Gasteiger partial charge in [0.1, 0.15) is 5.75 Å². The van der Waals surface area contributed by atoms with E-state index in [1.165, 1.54) is 26.6 Å². The summed E-state index contributed by atoms with van der Waals surface area (Å²) in [6.07, 6.45) is 2.76. The van der Waals surface area contributed by atoms with Gasteiger partial charge in [-0.2, -0.15) is 0 Å². The fourth-order valence-corrected chi connectivity index (χ4v) is 2.01. The number of hydrogen-bond acceptors (Lipinski definition) is 8. The van der Waals surface area contributed by atoms with E-state index in [1.807, 2.05) is 0 Å². The zero-order valence-electron chi connectivity index (χ0n) is 15.6. The Hall–Kier alpha value is -3.36. The summed E-state index contributed by atoms with van der Waals surface area (Å²) in [5.41, 5.74) is 1.09. The van der Waals surface area contributed by atoms with Gasteiger partial charge in [0, 0.05) is 19.8 Å². The highest BCUT2D eigenvalue weighted by Gasteiger charge is 2.12. The molecule has 8 nitrogen and oxygen atoms in total. The van der Waals surface area contributed by atoms with Crippen LogP contribution in [-0.2, 0) is 19.1 Å². The molecule has 0 spiro atoms. The number of benzene rings is 1. The van der Waals surface area contributed by atoms with Crippen molar-refractivity contribution in [3.05, 3.63) is 61.0 Å². The van der Waals surface area contributed by atoms with Crippen LogP contribution in [0.4, 0.5) is 0 Å². The third-order valence-corrected chi connectivity index (χ3v) is 3.38. The van der Waals surface area contributed by atoms with E-state index in [0.717, 1.165) is 0 Å². The smallest absolute Gasteiger partial charge is 0.341 e. The second-order valence-electron chi connectivity index (χ2n) is 5.62. The van der Waals surface area contributed by atoms with Gasteiger partial charge in [-0.05, 0) is 24.3 Å². The van der Waals surface area contributed by atoms with Crippen molar-refractivity contribution in [2.75, 3.05) is 27.4 Å². The molecule has 1 aromatic heterocycles. The maximum atomic E-state index is 11.8. The van der Waals surface area contributed by atoms with E-state index >= 15 is 0 Å². The molecule has 2 aromatic rings. The number of methoxy groups -OCH3 is 2. The molecule has 146 valence electrons. The standard InChI is InChI=1S/C20H20N2O6/c1-13(11-25-3)19(23)27-16-7-5-15(6-8-16)18-21-9-17(10-22-18)28-20(24)14(2)12-26-4/h5-10H,1-2,11-12H2,3-4H3. The lowest BCUT2D eigenvalue weighted by Crippen LogP contribution is -2.14. The number of carbonyl (C=O) groups is 2. The first-order valence-electron chi connectivity index (χ1n) is 8.15. The molecule has 1 heterocycles. The molecule has 0 fully saturated rings. The van der Waals surface area contributed by atoms with Crippen LogP contribution in [0, 0.1) is 0 Å². The number of hydrogen-bond donors (Lipinski definition) is 0. The molecular formula is C20H20N2O6. The summed E-state index contributed by atoms with van der Waals surface area (Å²) in [6.45, 7) is 7.33. The topological polar surface area (TPSA) is 96.8 Å². The molecular weight excluding hydrogens is 364 g/mol. The lowest BCUT2D eigenvalue weighted by atomic mass is 10.2. The van der Waals surface area contributed by atoms with Gasteiger partial charge in [-0.1, -0.05) is 13.2 Å². The molecule has 0 bridgehead atoms. The van der Waals surface area contributed by atoms with Crippen molar-refractivity contribution >= 4 is 11.9 Å². The summed E-state index contributed by atoms with van der Waals surface area (Å²) in [6, 6.07) is 6.62. The normalized spacial score (nSPS) is 10.2. The van der Waals surface area contributed by atoms with Crippen molar-refractivity contribution in [1.29, 1.82) is 0 Å². The third-order valence-electron chi connectivity index (χ3n) is 3.38. The predicted molar refractivity (Wildman–Crippen MR) is 101 cm³/mol. The molecule has 0 saturated heterocycles. The molecule has 1 aromatic carbocycles. The Balaban J connectivity index is 2.00. The van der Waals surface area contributed by atoms with Crippen LogP contribution in [0.3, 0.4) is 0 Å². The minimum Gasteiger partial charge on any atom is -0.423 e. The highest BCUT2D eigenvalue weighted by Crippen LogP contribution is 2.21. The highest BCUT2D eigenvalue weighted by molar-refractivity contribution is 5.90. The Kier molecular flexibility index (Phi) is 7.55. The lowest BCUT2D eigenvalue weighted by molar-refractivity contribution is -0.131. The van der Waals surface area contributed by atoms with Crippen molar-refractivity contribution in [2.45, 2.75) is 0 Å². The van der Waals surface area contributed by atoms with Gasteiger partial charge in [0.2, 0.25) is 0 Å². The molecule has 0 aliphatic heterocycles. The summed E-state index contributed by atoms with van der Waals surface area (Å²) in [5, 5.41) is 0. The maximum absolute atomic E-state index is 11.8. The molecule has 8 heteroatoms. The number of rotatable bonds is 9. The molecule has 2 rings (SSSR count). The van der Waals surface area contributed by atoms with Crippen LogP contribution in [0.2, 0.25) is 0 Å². The van der Waals surface area contributed by atoms with Gasteiger partial charge in [-0.25, -0.2) is 19.6 Å². The SMILES string of the molecule is C=C(COC)C(=O)Oc1ccc(-c2ncc(OC(=O)C(=C)COC)cn2)cc1. The molecule has 0 unspecified atom stereocenters. The molecule has 0 aliphatic rings. The van der Waals surface area contributed by atoms with Gasteiger partial charge < -0.3 is 18.9 Å². The zero-order valence-corrected chi connectivity index (χ0v) is 15.6. The van der Waals surface area contributed by atoms with Crippen LogP contribution >= 0.6 is 0 Å². The third kappa shape index (κ3) is 5.83. The van der Waals surface area contributed by atoms with Gasteiger partial charge in [0.05, 0.1) is 36.8 Å². The monoisotopic (exact) mass is 384 g/mol. The average molecular weight is 384 g/mol. The average Bonchev–Trinajstić information content (AvgIpc) is 2.69. The van der Waals surface area contributed by atoms with Gasteiger partial charge >= 0.3 is 11.9 Å². The first-order chi connectivity index (χ1) is 13.4. The Bertz CT molecular complexity index is 786. The summed E-state index contributed by atoms with van der Waals surface area (Å²) in [5.74, 6) is -0.217. The quantitative estimate of drug-likeness (QED) is 0.369. The van der Waals surface area contributed by atoms with E-state index in [4.69, 9.17) is 18.9 Å². The summed E-state index contributed by atoms with van der Waals surface area (Å²) >= 11 is 0. The first-order valence-corrected chi connectivity index (χ1v) is 8.15. The van der Waals surface area contributed by atoms with Crippen molar-refractivity contribution in [3.63, 3.8) is 0 Å². The molecule has 0 amide bonds. The van der Waals surface area contributed by atoms with Crippen molar-refractivity contribution in [3.8, 4) is 22.9 Å². The Morgan fingerprint density at radius 3 is 1.75 bits per heavy atom. The van der Waals surface area contributed by atoms with Crippen LogP contribution in [0.25, 0.3) is 11.4 Å². The molecule has 28 heavy (non-hydrogen) atoms. The van der Waals surface area contributed by atoms with Crippen molar-refractivity contribution in [2.24, 2.45) is 0 Å². The van der Waals surface area contributed by atoms with Gasteiger partial charge in [0.25, 0.3) is 0 Å². The summed E-state index contributed by atoms with van der Waals surface area (Å²) in [7, 11) is 2.92. The largest absolute Gasteiger partial charge is 0.423 e. The van der Waals surface area contributed by atoms with Crippen LogP contribution < -0.4 is 9.47 Å². The highest BCUT2D eigenvalue weighted by atomic mass is 16.5. The second-order valence-corrected chi connectivity index (χ2v) is 5.62. The van der Waals surface area contributed by atoms with Gasteiger partial charge in [0.15, 0.2) is 11.6 Å². The number of esters is 2. The molecule has 0 saturated carbocycles. The van der Waals surface area contributed by atoms with Crippen LogP contribution in [0.5, 0.6) is 11.5 Å². The van der Waals surface area contributed by atoms with E-state index in [9.17, 15) is 9.59 Å². The second kappa shape index (κ2) is 10.1. The first kappa shape index (κ1) is 20.9. The Labute approximate surface area is 162 Å². The van der Waals surface area contributed by atoms with Crippen molar-refractivity contribution < 1.29 is 28.5 Å². The number of aromatic nitrogens is 2. The molecule has 0 atom stereocenters. The van der Waals surface area contributed by atoms with E-state index in [2.05, 4.69) is 23.1 Å². The number of ether oxygens (including phenoxy) is 4. The predicted octanol–water partition coefficient (Wildman–Crippen LogP) is 2.36. The van der Waals surface area contributed by atoms with Gasteiger partial charge in [-0.15, -0.1) is 0 Å². The summed E-state index contributed by atoms with van der Waals surface area (Å²) in [4.78, 5) is 31.9. The Morgan fingerprint density at radius 1 is 0.821 bits per heavy atom. The van der Waals surface area contributed by atoms with Crippen LogP contribution in [0.1, 0.15) is 0 Å². The van der Waals surface area contributed by atoms with Gasteiger partial charge in [-0.3, -0.25) is 0 Å². The molecule has 0 aliphatic carbocycles. The molecule has 0 radical (unpaired) electrons. The zero-order chi connectivity index (χ0) is 20.5.